The smallest absolute Gasteiger partial charge is 0.0813 e. The van der Waals surface area contributed by atoms with E-state index < -0.39 is 12.3 Å². The molecule has 0 fully saturated rings. The van der Waals surface area contributed by atoms with Crippen molar-refractivity contribution in [3.63, 3.8) is 0 Å². The van der Waals surface area contributed by atoms with Gasteiger partial charge in [-0.1, -0.05) is 76.2 Å². The first-order valence-corrected chi connectivity index (χ1v) is 11.1. The van der Waals surface area contributed by atoms with Crippen LogP contribution in [0.1, 0.15) is 81.5 Å². The van der Waals surface area contributed by atoms with Crippen molar-refractivity contribution < 1.29 is 5.11 Å². The van der Waals surface area contributed by atoms with E-state index in [-0.39, 0.29) is 6.04 Å². The number of aliphatic hydroxyl groups is 1. The van der Waals surface area contributed by atoms with Crippen molar-refractivity contribution >= 4 is 0 Å². The first kappa shape index (κ1) is 23.6. The van der Waals surface area contributed by atoms with Crippen LogP contribution in [0.3, 0.4) is 0 Å². The molecule has 0 aromatic heterocycles. The zero-order valence-electron chi connectivity index (χ0n) is 18.9. The van der Waals surface area contributed by atoms with Crippen LogP contribution < -0.4 is 11.1 Å². The predicted octanol–water partition coefficient (Wildman–Crippen LogP) is 5.12. The maximum Gasteiger partial charge on any atom is 0.0813 e. The van der Waals surface area contributed by atoms with Gasteiger partial charge >= 0.3 is 0 Å². The van der Waals surface area contributed by atoms with Gasteiger partial charge in [-0.15, -0.1) is 0 Å². The molecule has 3 nitrogen and oxygen atoms in total. The Kier molecular flexibility index (Phi) is 9.35. The average Bonchev–Trinajstić information content (AvgIpc) is 2.70. The van der Waals surface area contributed by atoms with Crippen LogP contribution in [0.5, 0.6) is 0 Å². The van der Waals surface area contributed by atoms with E-state index >= 15 is 0 Å². The number of aliphatic hydroxyl groups excluding tert-OH is 1. The van der Waals surface area contributed by atoms with Crippen LogP contribution in [0, 0.1) is 0 Å². The van der Waals surface area contributed by atoms with Gasteiger partial charge in [0.05, 0.1) is 12.3 Å². The van der Waals surface area contributed by atoms with Crippen LogP contribution in [0.4, 0.5) is 0 Å². The molecule has 0 heterocycles. The van der Waals surface area contributed by atoms with E-state index in [9.17, 15) is 5.11 Å². The molecular formula is C26H40N2O. The van der Waals surface area contributed by atoms with E-state index in [0.29, 0.717) is 11.8 Å². The zero-order valence-corrected chi connectivity index (χ0v) is 18.9. The van der Waals surface area contributed by atoms with E-state index in [0.717, 1.165) is 25.7 Å². The lowest BCUT2D eigenvalue weighted by Gasteiger charge is -2.25. The first-order valence-electron chi connectivity index (χ1n) is 11.1. The van der Waals surface area contributed by atoms with Crippen LogP contribution in [-0.4, -0.2) is 23.4 Å². The molecule has 0 radical (unpaired) electrons. The van der Waals surface area contributed by atoms with Crippen molar-refractivity contribution in [1.29, 1.82) is 0 Å². The van der Waals surface area contributed by atoms with Gasteiger partial charge in [0.25, 0.3) is 0 Å². The van der Waals surface area contributed by atoms with Crippen molar-refractivity contribution in [2.75, 3.05) is 0 Å². The Bertz CT molecular complexity index is 649. The molecule has 0 aliphatic heterocycles. The van der Waals surface area contributed by atoms with Gasteiger partial charge in [-0.25, -0.2) is 0 Å². The molecule has 0 aliphatic rings. The van der Waals surface area contributed by atoms with Crippen molar-refractivity contribution in [2.45, 2.75) is 90.4 Å². The summed E-state index contributed by atoms with van der Waals surface area (Å²) in [4.78, 5) is 0. The fourth-order valence-electron chi connectivity index (χ4n) is 3.54. The zero-order chi connectivity index (χ0) is 21.4. The molecule has 2 atom stereocenters. The van der Waals surface area contributed by atoms with Crippen LogP contribution in [0.2, 0.25) is 0 Å². The molecule has 0 saturated heterocycles. The lowest BCUT2D eigenvalue weighted by Crippen LogP contribution is -2.50. The summed E-state index contributed by atoms with van der Waals surface area (Å²) in [7, 11) is 0. The molecule has 29 heavy (non-hydrogen) atoms. The van der Waals surface area contributed by atoms with Crippen molar-refractivity contribution in [2.24, 2.45) is 5.73 Å². The Morgan fingerprint density at radius 1 is 0.724 bits per heavy atom. The molecule has 0 aliphatic carbocycles. The Balaban J connectivity index is 1.96. The van der Waals surface area contributed by atoms with E-state index in [4.69, 9.17) is 5.73 Å². The highest BCUT2D eigenvalue weighted by molar-refractivity contribution is 5.26. The molecule has 2 rings (SSSR count). The molecular weight excluding hydrogens is 356 g/mol. The fraction of sp³-hybridized carbons (Fsp3) is 0.538. The topological polar surface area (TPSA) is 58.3 Å². The number of rotatable bonds is 11. The number of hydrogen-bond donors (Lipinski definition) is 3. The van der Waals surface area contributed by atoms with Crippen molar-refractivity contribution in [3.8, 4) is 0 Å². The lowest BCUT2D eigenvalue weighted by molar-refractivity contribution is 0.138. The van der Waals surface area contributed by atoms with Gasteiger partial charge in [0.15, 0.2) is 0 Å². The van der Waals surface area contributed by atoms with Crippen molar-refractivity contribution in [1.82, 2.24) is 5.32 Å². The van der Waals surface area contributed by atoms with Gasteiger partial charge in [-0.2, -0.15) is 0 Å². The fourth-order valence-corrected chi connectivity index (χ4v) is 3.54. The van der Waals surface area contributed by atoms with Crippen molar-refractivity contribution in [3.05, 3.63) is 70.8 Å². The maximum absolute atomic E-state index is 9.82. The number of nitrogens with two attached hydrogens (primary N) is 1. The van der Waals surface area contributed by atoms with Crippen LogP contribution in [-0.2, 0) is 12.8 Å². The van der Waals surface area contributed by atoms with Gasteiger partial charge in [0.2, 0.25) is 0 Å². The molecule has 160 valence electrons. The minimum Gasteiger partial charge on any atom is -0.390 e. The normalized spacial score (nSPS) is 14.0. The van der Waals surface area contributed by atoms with Crippen LogP contribution in [0.25, 0.3) is 0 Å². The Morgan fingerprint density at radius 3 is 1.41 bits per heavy atom. The molecule has 0 saturated carbocycles. The highest BCUT2D eigenvalue weighted by atomic mass is 16.3. The average molecular weight is 397 g/mol. The van der Waals surface area contributed by atoms with E-state index in [2.05, 4.69) is 81.5 Å². The maximum atomic E-state index is 9.82. The summed E-state index contributed by atoms with van der Waals surface area (Å²) in [6.07, 6.45) is 3.07. The number of aryl methyl sites for hydroxylation is 2. The minimum atomic E-state index is -0.562. The summed E-state index contributed by atoms with van der Waals surface area (Å²) in [5, 5.41) is 13.3. The van der Waals surface area contributed by atoms with Gasteiger partial charge in [0, 0.05) is 6.04 Å². The van der Waals surface area contributed by atoms with E-state index in [1.807, 2.05) is 0 Å². The van der Waals surface area contributed by atoms with Gasteiger partial charge in [-0.3, -0.25) is 5.32 Å². The molecule has 0 amide bonds. The standard InChI is InChI=1S/C26H40N2O/c1-18(2)23-12-6-21(7-13-23)10-16-25(28-26(27)20(5)29)17-11-22-8-14-24(15-9-22)19(3)4/h6-9,12-15,18-20,25-26,28-29H,10-11,16-17,27H2,1-5H3. The largest absolute Gasteiger partial charge is 0.390 e. The second-order valence-corrected chi connectivity index (χ2v) is 9.00. The molecule has 2 unspecified atom stereocenters. The second kappa shape index (κ2) is 11.5. The van der Waals surface area contributed by atoms with E-state index in [1.165, 1.54) is 22.3 Å². The summed E-state index contributed by atoms with van der Waals surface area (Å²) in [6.45, 7) is 10.6. The highest BCUT2D eigenvalue weighted by Crippen LogP contribution is 2.18. The summed E-state index contributed by atoms with van der Waals surface area (Å²) >= 11 is 0. The Hall–Kier alpha value is -1.68. The third kappa shape index (κ3) is 7.93. The summed E-state index contributed by atoms with van der Waals surface area (Å²) in [5.74, 6) is 1.12. The van der Waals surface area contributed by atoms with Gasteiger partial charge < -0.3 is 10.8 Å². The highest BCUT2D eigenvalue weighted by Gasteiger charge is 2.16. The quantitative estimate of drug-likeness (QED) is 0.462. The predicted molar refractivity (Wildman–Crippen MR) is 124 cm³/mol. The Morgan fingerprint density at radius 2 is 1.10 bits per heavy atom. The van der Waals surface area contributed by atoms with Crippen LogP contribution in [0.15, 0.2) is 48.5 Å². The molecule has 2 aromatic carbocycles. The minimum absolute atomic E-state index is 0.272. The number of nitrogens with one attached hydrogen (secondary N) is 1. The molecule has 2 aromatic rings. The summed E-state index contributed by atoms with van der Waals surface area (Å²) in [5.41, 5.74) is 11.6. The monoisotopic (exact) mass is 396 g/mol. The third-order valence-electron chi connectivity index (χ3n) is 5.80. The summed E-state index contributed by atoms with van der Waals surface area (Å²) in [6, 6.07) is 18.2. The van der Waals surface area contributed by atoms with Gasteiger partial charge in [0.1, 0.15) is 0 Å². The van der Waals surface area contributed by atoms with Gasteiger partial charge in [-0.05, 0) is 66.7 Å². The number of hydrogen-bond acceptors (Lipinski definition) is 3. The molecule has 3 heteroatoms. The molecule has 0 bridgehead atoms. The molecule has 4 N–H and O–H groups in total. The van der Waals surface area contributed by atoms with E-state index in [1.54, 1.807) is 6.92 Å². The second-order valence-electron chi connectivity index (χ2n) is 9.00. The van der Waals surface area contributed by atoms with Crippen LogP contribution >= 0.6 is 0 Å². The SMILES string of the molecule is CC(C)c1ccc(CCC(CCc2ccc(C(C)C)cc2)NC(N)C(C)O)cc1. The summed E-state index contributed by atoms with van der Waals surface area (Å²) < 4.78 is 0. The first-order chi connectivity index (χ1) is 13.8. The third-order valence-corrected chi connectivity index (χ3v) is 5.80. The Labute approximate surface area is 177 Å². The lowest BCUT2D eigenvalue weighted by atomic mass is 9.95. The number of benzene rings is 2. The molecule has 0 spiro atoms.